The number of rotatable bonds is 4. The molecule has 4 rings (SSSR count). The van der Waals surface area contributed by atoms with Crippen LogP contribution in [-0.2, 0) is 9.53 Å². The van der Waals surface area contributed by atoms with E-state index < -0.39 is 0 Å². The van der Waals surface area contributed by atoms with Crippen LogP contribution in [0.4, 0.5) is 5.95 Å². The number of esters is 1. The van der Waals surface area contributed by atoms with Crippen LogP contribution < -0.4 is 4.90 Å². The highest BCUT2D eigenvalue weighted by Gasteiger charge is 2.45. The number of carbonyl (C=O) groups excluding carboxylic acids is 1. The molecule has 0 unspecified atom stereocenters. The second-order valence-electron chi connectivity index (χ2n) is 7.31. The van der Waals surface area contributed by atoms with Crippen molar-refractivity contribution in [1.29, 1.82) is 0 Å². The zero-order valence-electron chi connectivity index (χ0n) is 14.4. The third-order valence-corrected chi connectivity index (χ3v) is 5.83. The van der Waals surface area contributed by atoms with Gasteiger partial charge in [0.15, 0.2) is 0 Å². The lowest BCUT2D eigenvalue weighted by atomic mass is 9.72. The summed E-state index contributed by atoms with van der Waals surface area (Å²) in [5.41, 5.74) is 0. The quantitative estimate of drug-likeness (QED) is 0.624. The van der Waals surface area contributed by atoms with Gasteiger partial charge in [0.1, 0.15) is 0 Å². The third kappa shape index (κ3) is 2.62. The number of aromatic nitrogens is 2. The Labute approximate surface area is 142 Å². The predicted octanol–water partition coefficient (Wildman–Crippen LogP) is 2.77. The summed E-state index contributed by atoms with van der Waals surface area (Å²) in [7, 11) is 0. The van der Waals surface area contributed by atoms with E-state index in [-0.39, 0.29) is 23.7 Å². The van der Waals surface area contributed by atoms with Gasteiger partial charge in [0.2, 0.25) is 5.89 Å². The fraction of sp³-hybridized carbons (Fsp3) is 0.722. The third-order valence-electron chi connectivity index (χ3n) is 5.83. The Morgan fingerprint density at radius 2 is 2.21 bits per heavy atom. The van der Waals surface area contributed by atoms with Crippen molar-refractivity contribution in [2.24, 2.45) is 23.7 Å². The van der Waals surface area contributed by atoms with E-state index in [9.17, 15) is 4.79 Å². The van der Waals surface area contributed by atoms with E-state index in [2.05, 4.69) is 34.1 Å². The van der Waals surface area contributed by atoms with E-state index in [1.807, 2.05) is 6.92 Å². The first kappa shape index (κ1) is 15.7. The predicted molar refractivity (Wildman–Crippen MR) is 88.5 cm³/mol. The molecule has 1 aromatic heterocycles. The number of nitrogens with zero attached hydrogens (tertiary/aromatic N) is 3. The van der Waals surface area contributed by atoms with Gasteiger partial charge in [-0.1, -0.05) is 25.5 Å². The zero-order valence-corrected chi connectivity index (χ0v) is 14.4. The summed E-state index contributed by atoms with van der Waals surface area (Å²) in [4.78, 5) is 19.2. The Kier molecular flexibility index (Phi) is 4.06. The molecule has 0 amide bonds. The van der Waals surface area contributed by atoms with Crippen molar-refractivity contribution in [1.82, 2.24) is 10.1 Å². The number of carbonyl (C=O) groups is 1. The van der Waals surface area contributed by atoms with Crippen molar-refractivity contribution in [2.45, 2.75) is 39.0 Å². The van der Waals surface area contributed by atoms with E-state index in [1.54, 1.807) is 0 Å². The lowest BCUT2D eigenvalue weighted by molar-refractivity contribution is -0.151. The molecule has 1 aliphatic heterocycles. The van der Waals surface area contributed by atoms with Crippen molar-refractivity contribution in [3.05, 3.63) is 18.0 Å². The molecule has 24 heavy (non-hydrogen) atoms. The van der Waals surface area contributed by atoms with Crippen LogP contribution >= 0.6 is 0 Å². The molecular weight excluding hydrogens is 306 g/mol. The van der Waals surface area contributed by atoms with Crippen LogP contribution in [0.25, 0.3) is 0 Å². The van der Waals surface area contributed by atoms with Crippen molar-refractivity contribution in [3.63, 3.8) is 0 Å². The van der Waals surface area contributed by atoms with Gasteiger partial charge in [-0.25, -0.2) is 0 Å². The van der Waals surface area contributed by atoms with Gasteiger partial charge in [-0.15, -0.1) is 0 Å². The largest absolute Gasteiger partial charge is 0.466 e. The number of anilines is 1. The first-order valence-corrected chi connectivity index (χ1v) is 9.11. The lowest BCUT2D eigenvalue weighted by Gasteiger charge is -2.31. The SMILES string of the molecule is CCOC(=O)[C@H]1[C@@H]2CN(c3noc(C4CCC4)n3)C[C@@H]2C=C[C@@H]1C. The summed E-state index contributed by atoms with van der Waals surface area (Å²) in [6, 6.07) is 0. The molecule has 130 valence electrons. The molecule has 1 saturated carbocycles. The van der Waals surface area contributed by atoms with E-state index in [0.717, 1.165) is 31.8 Å². The van der Waals surface area contributed by atoms with Gasteiger partial charge in [-0.3, -0.25) is 4.79 Å². The van der Waals surface area contributed by atoms with Gasteiger partial charge in [-0.2, -0.15) is 4.98 Å². The Morgan fingerprint density at radius 3 is 2.92 bits per heavy atom. The number of fused-ring (bicyclic) bond motifs is 1. The molecule has 2 aliphatic carbocycles. The van der Waals surface area contributed by atoms with E-state index in [0.29, 0.717) is 24.4 Å². The van der Waals surface area contributed by atoms with Crippen molar-refractivity contribution >= 4 is 11.9 Å². The minimum atomic E-state index is -0.0806. The number of ether oxygens (including phenoxy) is 1. The van der Waals surface area contributed by atoms with E-state index >= 15 is 0 Å². The zero-order chi connectivity index (χ0) is 16.7. The van der Waals surface area contributed by atoms with Crippen molar-refractivity contribution in [3.8, 4) is 0 Å². The summed E-state index contributed by atoms with van der Waals surface area (Å²) in [5, 5.41) is 4.18. The van der Waals surface area contributed by atoms with Gasteiger partial charge in [-0.05, 0) is 42.7 Å². The summed E-state index contributed by atoms with van der Waals surface area (Å²) in [6.45, 7) is 6.02. The minimum Gasteiger partial charge on any atom is -0.466 e. The molecule has 2 heterocycles. The molecule has 6 heteroatoms. The normalized spacial score (nSPS) is 32.5. The van der Waals surface area contributed by atoms with Crippen LogP contribution in [0.3, 0.4) is 0 Å². The van der Waals surface area contributed by atoms with Crippen LogP contribution in [-0.4, -0.2) is 35.8 Å². The average molecular weight is 331 g/mol. The van der Waals surface area contributed by atoms with Crippen LogP contribution in [0.15, 0.2) is 16.7 Å². The number of hydrogen-bond acceptors (Lipinski definition) is 6. The minimum absolute atomic E-state index is 0.0746. The molecule has 3 aliphatic rings. The Balaban J connectivity index is 1.50. The summed E-state index contributed by atoms with van der Waals surface area (Å²) in [5.74, 6) is 2.56. The molecule has 0 bridgehead atoms. The summed E-state index contributed by atoms with van der Waals surface area (Å²) in [6.07, 6.45) is 7.95. The van der Waals surface area contributed by atoms with E-state index in [4.69, 9.17) is 9.26 Å². The van der Waals surface area contributed by atoms with E-state index in [1.165, 1.54) is 6.42 Å². The fourth-order valence-corrected chi connectivity index (χ4v) is 4.23. The van der Waals surface area contributed by atoms with Gasteiger partial charge >= 0.3 is 5.97 Å². The Morgan fingerprint density at radius 1 is 1.38 bits per heavy atom. The maximum Gasteiger partial charge on any atom is 0.309 e. The maximum absolute atomic E-state index is 12.4. The monoisotopic (exact) mass is 331 g/mol. The number of allylic oxidation sites excluding steroid dienone is 1. The van der Waals surface area contributed by atoms with Crippen LogP contribution in [0.1, 0.15) is 44.9 Å². The second kappa shape index (κ2) is 6.22. The first-order chi connectivity index (χ1) is 11.7. The van der Waals surface area contributed by atoms with Crippen molar-refractivity contribution < 1.29 is 14.1 Å². The topological polar surface area (TPSA) is 68.5 Å². The maximum atomic E-state index is 12.4. The van der Waals surface area contributed by atoms with Crippen LogP contribution in [0.2, 0.25) is 0 Å². The molecule has 1 saturated heterocycles. The Hall–Kier alpha value is -1.85. The Bertz CT molecular complexity index is 637. The molecule has 0 spiro atoms. The molecule has 0 N–H and O–H groups in total. The van der Waals surface area contributed by atoms with Gasteiger partial charge in [0, 0.05) is 19.0 Å². The molecular formula is C18H25N3O3. The molecule has 0 radical (unpaired) electrons. The highest BCUT2D eigenvalue weighted by atomic mass is 16.5. The molecule has 4 atom stereocenters. The summed E-state index contributed by atoms with van der Waals surface area (Å²) >= 11 is 0. The van der Waals surface area contributed by atoms with Crippen LogP contribution in [0.5, 0.6) is 0 Å². The standard InChI is InChI=1S/C18H25N3O3/c1-3-23-17(22)15-11(2)7-8-13-9-21(10-14(13)15)18-19-16(24-20-18)12-5-4-6-12/h7-8,11-15H,3-6,9-10H2,1-2H3/t11-,13-,14+,15+/m0/s1. The highest BCUT2D eigenvalue weighted by molar-refractivity contribution is 5.74. The summed E-state index contributed by atoms with van der Waals surface area (Å²) < 4.78 is 10.8. The van der Waals surface area contributed by atoms with Gasteiger partial charge < -0.3 is 14.2 Å². The lowest BCUT2D eigenvalue weighted by Crippen LogP contribution is -2.37. The average Bonchev–Trinajstić information content (AvgIpc) is 3.12. The van der Waals surface area contributed by atoms with Gasteiger partial charge in [0.05, 0.1) is 12.5 Å². The smallest absolute Gasteiger partial charge is 0.309 e. The first-order valence-electron chi connectivity index (χ1n) is 9.11. The highest BCUT2D eigenvalue weighted by Crippen LogP contribution is 2.41. The van der Waals surface area contributed by atoms with Crippen molar-refractivity contribution in [2.75, 3.05) is 24.6 Å². The molecule has 0 aromatic carbocycles. The molecule has 2 fully saturated rings. The fourth-order valence-electron chi connectivity index (χ4n) is 4.23. The number of hydrogen-bond donors (Lipinski definition) is 0. The second-order valence-corrected chi connectivity index (χ2v) is 7.31. The molecule has 6 nitrogen and oxygen atoms in total. The molecule has 1 aromatic rings. The van der Waals surface area contributed by atoms with Gasteiger partial charge in [0.25, 0.3) is 5.95 Å². The van der Waals surface area contributed by atoms with Crippen LogP contribution in [0, 0.1) is 23.7 Å².